The molecule has 0 N–H and O–H groups in total. The molecule has 1 rings (SSSR count). The van der Waals surface area contributed by atoms with E-state index in [0.717, 1.165) is 18.7 Å². The van der Waals surface area contributed by atoms with Gasteiger partial charge in [-0.2, -0.15) is 0 Å². The second-order valence-corrected chi connectivity index (χ2v) is 7.57. The molecule has 144 valence electrons. The van der Waals surface area contributed by atoms with Gasteiger partial charge in [-0.05, 0) is 51.0 Å². The van der Waals surface area contributed by atoms with Gasteiger partial charge in [0.05, 0.1) is 0 Å². The number of aryl methyl sites for hydroxylation is 3. The molecule has 0 bridgehead atoms. The fourth-order valence-corrected chi connectivity index (χ4v) is 3.59. The first-order valence-corrected chi connectivity index (χ1v) is 11.1. The zero-order valence-corrected chi connectivity index (χ0v) is 17.5. The lowest BCUT2D eigenvalue weighted by Crippen LogP contribution is -2.09. The van der Waals surface area contributed by atoms with Gasteiger partial charge < -0.3 is 0 Å². The summed E-state index contributed by atoms with van der Waals surface area (Å²) >= 11 is 0. The minimum atomic E-state index is 0.980. The van der Waals surface area contributed by atoms with Gasteiger partial charge in [-0.15, -0.1) is 0 Å². The molecule has 0 radical (unpaired) electrons. The first kappa shape index (κ1) is 22.1. The Labute approximate surface area is 157 Å². The molecule has 0 aliphatic rings. The van der Waals surface area contributed by atoms with Crippen molar-refractivity contribution in [2.45, 2.75) is 124 Å². The lowest BCUT2D eigenvalue weighted by molar-refractivity contribution is 0.623. The van der Waals surface area contributed by atoms with Crippen molar-refractivity contribution in [2.75, 3.05) is 0 Å². The van der Waals surface area contributed by atoms with Crippen LogP contribution in [0.15, 0.2) is 0 Å². The molecule has 0 saturated heterocycles. The van der Waals surface area contributed by atoms with Crippen LogP contribution < -0.4 is 0 Å². The summed E-state index contributed by atoms with van der Waals surface area (Å²) in [5, 5.41) is 0. The van der Waals surface area contributed by atoms with Crippen molar-refractivity contribution in [1.82, 2.24) is 9.97 Å². The quantitative estimate of drug-likeness (QED) is 0.315. The van der Waals surface area contributed by atoms with Crippen molar-refractivity contribution in [1.29, 1.82) is 0 Å². The summed E-state index contributed by atoms with van der Waals surface area (Å²) in [6.45, 7) is 8.92. The highest BCUT2D eigenvalue weighted by Crippen LogP contribution is 2.20. The van der Waals surface area contributed by atoms with Crippen LogP contribution in [0.1, 0.15) is 121 Å². The van der Waals surface area contributed by atoms with E-state index in [-0.39, 0.29) is 0 Å². The van der Waals surface area contributed by atoms with Crippen molar-refractivity contribution < 1.29 is 0 Å². The van der Waals surface area contributed by atoms with Crippen LogP contribution in [0.5, 0.6) is 0 Å². The third-order valence-electron chi connectivity index (χ3n) is 5.10. The number of nitrogens with zero attached hydrogens (tertiary/aromatic N) is 2. The summed E-state index contributed by atoms with van der Waals surface area (Å²) in [5.41, 5.74) is 4.24. The molecule has 0 spiro atoms. The van der Waals surface area contributed by atoms with Crippen LogP contribution >= 0.6 is 0 Å². The molecule has 0 fully saturated rings. The predicted octanol–water partition coefficient (Wildman–Crippen LogP) is 7.15. The molecule has 25 heavy (non-hydrogen) atoms. The second-order valence-electron chi connectivity index (χ2n) is 7.57. The van der Waals surface area contributed by atoms with Crippen LogP contribution in [0.2, 0.25) is 0 Å². The van der Waals surface area contributed by atoms with E-state index in [1.54, 1.807) is 0 Å². The van der Waals surface area contributed by atoms with Crippen LogP contribution in [0, 0.1) is 6.92 Å². The standard InChI is InChI=1S/C23H42N2/c1-5-8-11-14-17-21-22(18-15-12-9-6-2)24-20(4)25-23(21)19-16-13-10-7-3/h5-19H2,1-4H3. The van der Waals surface area contributed by atoms with Gasteiger partial charge in [0.25, 0.3) is 0 Å². The zero-order valence-electron chi connectivity index (χ0n) is 17.5. The Morgan fingerprint density at radius 3 is 1.32 bits per heavy atom. The van der Waals surface area contributed by atoms with E-state index >= 15 is 0 Å². The number of hydrogen-bond donors (Lipinski definition) is 0. The van der Waals surface area contributed by atoms with E-state index < -0.39 is 0 Å². The average Bonchev–Trinajstić information content (AvgIpc) is 2.60. The molecule has 0 aliphatic heterocycles. The lowest BCUT2D eigenvalue weighted by Gasteiger charge is -2.15. The van der Waals surface area contributed by atoms with E-state index in [0.29, 0.717) is 0 Å². The van der Waals surface area contributed by atoms with Crippen LogP contribution in [0.3, 0.4) is 0 Å². The van der Waals surface area contributed by atoms with Gasteiger partial charge in [0.15, 0.2) is 0 Å². The Morgan fingerprint density at radius 1 is 0.520 bits per heavy atom. The SMILES string of the molecule is CCCCCCc1nc(C)nc(CCCCCC)c1CCCCCC. The largest absolute Gasteiger partial charge is 0.238 e. The summed E-state index contributed by atoms with van der Waals surface area (Å²) in [5.74, 6) is 0.980. The molecule has 0 aliphatic carbocycles. The van der Waals surface area contributed by atoms with Crippen LogP contribution in [0.25, 0.3) is 0 Å². The first-order valence-electron chi connectivity index (χ1n) is 11.1. The smallest absolute Gasteiger partial charge is 0.125 e. The number of aromatic nitrogens is 2. The van der Waals surface area contributed by atoms with Gasteiger partial charge in [-0.25, -0.2) is 9.97 Å². The van der Waals surface area contributed by atoms with Crippen molar-refractivity contribution >= 4 is 0 Å². The predicted molar refractivity (Wildman–Crippen MR) is 110 cm³/mol. The maximum atomic E-state index is 4.86. The summed E-state index contributed by atoms with van der Waals surface area (Å²) in [4.78, 5) is 9.73. The maximum absolute atomic E-state index is 4.86. The molecular formula is C23H42N2. The highest BCUT2D eigenvalue weighted by molar-refractivity contribution is 5.27. The summed E-state index contributed by atoms with van der Waals surface area (Å²) in [7, 11) is 0. The van der Waals surface area contributed by atoms with Gasteiger partial charge in [-0.1, -0.05) is 78.6 Å². The van der Waals surface area contributed by atoms with Gasteiger partial charge in [0, 0.05) is 11.4 Å². The lowest BCUT2D eigenvalue weighted by atomic mass is 9.97. The summed E-state index contributed by atoms with van der Waals surface area (Å²) in [6.07, 6.45) is 19.3. The molecular weight excluding hydrogens is 304 g/mol. The van der Waals surface area contributed by atoms with Gasteiger partial charge in [0.2, 0.25) is 0 Å². The topological polar surface area (TPSA) is 25.8 Å². The fraction of sp³-hybridized carbons (Fsp3) is 0.826. The Kier molecular flexibility index (Phi) is 12.6. The van der Waals surface area contributed by atoms with Crippen LogP contribution in [0.4, 0.5) is 0 Å². The van der Waals surface area contributed by atoms with E-state index in [1.807, 2.05) is 0 Å². The third kappa shape index (κ3) is 9.37. The summed E-state index contributed by atoms with van der Waals surface area (Å²) in [6, 6.07) is 0. The van der Waals surface area contributed by atoms with E-state index in [2.05, 4.69) is 27.7 Å². The number of unbranched alkanes of at least 4 members (excludes halogenated alkanes) is 9. The van der Waals surface area contributed by atoms with Crippen molar-refractivity contribution in [3.05, 3.63) is 22.8 Å². The number of rotatable bonds is 15. The molecule has 2 nitrogen and oxygen atoms in total. The first-order chi connectivity index (χ1) is 12.2. The monoisotopic (exact) mass is 346 g/mol. The maximum Gasteiger partial charge on any atom is 0.125 e. The van der Waals surface area contributed by atoms with Crippen LogP contribution in [-0.2, 0) is 19.3 Å². The van der Waals surface area contributed by atoms with Crippen molar-refractivity contribution in [3.8, 4) is 0 Å². The Bertz CT molecular complexity index is 420. The number of hydrogen-bond acceptors (Lipinski definition) is 2. The van der Waals surface area contributed by atoms with E-state index in [9.17, 15) is 0 Å². The molecule has 0 saturated carbocycles. The van der Waals surface area contributed by atoms with E-state index in [1.165, 1.54) is 100 Å². The Morgan fingerprint density at radius 2 is 0.920 bits per heavy atom. The second kappa shape index (κ2) is 14.3. The zero-order chi connectivity index (χ0) is 18.3. The van der Waals surface area contributed by atoms with Gasteiger partial charge in [0.1, 0.15) is 5.82 Å². The van der Waals surface area contributed by atoms with Gasteiger partial charge >= 0.3 is 0 Å². The molecule has 1 aromatic heterocycles. The summed E-state index contributed by atoms with van der Waals surface area (Å²) < 4.78 is 0. The minimum Gasteiger partial charge on any atom is -0.238 e. The van der Waals surface area contributed by atoms with Crippen LogP contribution in [-0.4, -0.2) is 9.97 Å². The molecule has 1 aromatic rings. The molecule has 1 heterocycles. The Balaban J connectivity index is 2.79. The fourth-order valence-electron chi connectivity index (χ4n) is 3.59. The molecule has 0 atom stereocenters. The van der Waals surface area contributed by atoms with Crippen molar-refractivity contribution in [2.24, 2.45) is 0 Å². The highest BCUT2D eigenvalue weighted by Gasteiger charge is 2.13. The third-order valence-corrected chi connectivity index (χ3v) is 5.10. The van der Waals surface area contributed by atoms with Crippen molar-refractivity contribution in [3.63, 3.8) is 0 Å². The molecule has 2 heteroatoms. The molecule has 0 unspecified atom stereocenters. The van der Waals surface area contributed by atoms with E-state index in [4.69, 9.17) is 9.97 Å². The molecule has 0 amide bonds. The highest BCUT2D eigenvalue weighted by atomic mass is 14.9. The average molecular weight is 347 g/mol. The minimum absolute atomic E-state index is 0.980. The normalized spacial score (nSPS) is 11.2. The van der Waals surface area contributed by atoms with Gasteiger partial charge in [-0.3, -0.25) is 0 Å². The Hall–Kier alpha value is -0.920. The molecule has 0 aromatic carbocycles.